The van der Waals surface area contributed by atoms with Crippen LogP contribution in [0.15, 0.2) is 18.5 Å². The van der Waals surface area contributed by atoms with E-state index in [0.717, 1.165) is 0 Å². The summed E-state index contributed by atoms with van der Waals surface area (Å²) in [4.78, 5) is 14.8. The van der Waals surface area contributed by atoms with Gasteiger partial charge in [-0.25, -0.2) is 9.37 Å². The summed E-state index contributed by atoms with van der Waals surface area (Å²) in [7, 11) is 0. The Morgan fingerprint density at radius 3 is 3.00 bits per heavy atom. The lowest BCUT2D eigenvalue weighted by atomic mass is 10.2. The Bertz CT molecular complexity index is 518. The molecule has 2 heterocycles. The van der Waals surface area contributed by atoms with Gasteiger partial charge in [-0.05, 0) is 13.0 Å². The number of carbonyl (C=O) groups is 1. The molecule has 2 aromatic heterocycles. The van der Waals surface area contributed by atoms with Gasteiger partial charge in [0.05, 0.1) is 17.3 Å². The summed E-state index contributed by atoms with van der Waals surface area (Å²) in [5.74, 6) is -0.745. The van der Waals surface area contributed by atoms with Crippen molar-refractivity contribution in [3.05, 3.63) is 35.7 Å². The van der Waals surface area contributed by atoms with E-state index in [-0.39, 0.29) is 5.56 Å². The van der Waals surface area contributed by atoms with Crippen molar-refractivity contribution >= 4 is 11.4 Å². The van der Waals surface area contributed by atoms with Crippen LogP contribution in [0.3, 0.4) is 0 Å². The minimum absolute atomic E-state index is 0.114. The number of pyridine rings is 1. The van der Waals surface area contributed by atoms with Gasteiger partial charge in [0.15, 0.2) is 5.82 Å². The molecule has 0 saturated heterocycles. The van der Waals surface area contributed by atoms with Crippen LogP contribution in [0.1, 0.15) is 16.2 Å². The highest BCUT2D eigenvalue weighted by atomic mass is 19.1. The second-order valence-electron chi connectivity index (χ2n) is 3.00. The summed E-state index contributed by atoms with van der Waals surface area (Å²) in [5, 5.41) is 0. The van der Waals surface area contributed by atoms with Crippen LogP contribution in [0.5, 0.6) is 0 Å². The van der Waals surface area contributed by atoms with Gasteiger partial charge in [-0.1, -0.05) is 0 Å². The highest BCUT2D eigenvalue weighted by molar-refractivity contribution is 5.94. The number of rotatable bonds is 1. The molecule has 72 valence electrons. The molecule has 0 fully saturated rings. The number of fused-ring (bicyclic) bond motifs is 1. The molecule has 0 bridgehead atoms. The smallest absolute Gasteiger partial charge is 0.251 e. The van der Waals surface area contributed by atoms with E-state index >= 15 is 0 Å². The second-order valence-corrected chi connectivity index (χ2v) is 3.00. The number of halogens is 1. The lowest BCUT2D eigenvalue weighted by Crippen LogP contribution is -2.13. The third kappa shape index (κ3) is 1.14. The number of aromatic nitrogens is 2. The molecule has 0 aliphatic carbocycles. The first kappa shape index (κ1) is 8.68. The first-order valence-corrected chi connectivity index (χ1v) is 4.02. The van der Waals surface area contributed by atoms with E-state index in [1.54, 1.807) is 17.5 Å². The van der Waals surface area contributed by atoms with Crippen molar-refractivity contribution < 1.29 is 9.18 Å². The topological polar surface area (TPSA) is 60.4 Å². The van der Waals surface area contributed by atoms with E-state index in [2.05, 4.69) is 4.98 Å². The molecule has 4 nitrogen and oxygen atoms in total. The van der Waals surface area contributed by atoms with E-state index in [0.29, 0.717) is 11.3 Å². The van der Waals surface area contributed by atoms with Gasteiger partial charge in [0.25, 0.3) is 5.91 Å². The minimum Gasteiger partial charge on any atom is -0.366 e. The fourth-order valence-corrected chi connectivity index (χ4v) is 1.33. The molecule has 5 heteroatoms. The van der Waals surface area contributed by atoms with Crippen LogP contribution in [0.4, 0.5) is 4.39 Å². The Balaban J connectivity index is 2.79. The minimum atomic E-state index is -0.774. The van der Waals surface area contributed by atoms with Crippen LogP contribution < -0.4 is 5.73 Å². The van der Waals surface area contributed by atoms with Crippen molar-refractivity contribution in [1.29, 1.82) is 0 Å². The maximum Gasteiger partial charge on any atom is 0.251 e. The van der Waals surface area contributed by atoms with E-state index in [9.17, 15) is 9.18 Å². The van der Waals surface area contributed by atoms with Crippen molar-refractivity contribution in [2.45, 2.75) is 6.92 Å². The summed E-state index contributed by atoms with van der Waals surface area (Å²) in [5.41, 5.74) is 5.54. The summed E-state index contributed by atoms with van der Waals surface area (Å²) in [6.45, 7) is 1.75. The number of amides is 1. The molecule has 0 aliphatic rings. The Morgan fingerprint density at radius 1 is 1.64 bits per heavy atom. The number of aryl methyl sites for hydroxylation is 1. The number of nitrogens with zero attached hydrogens (tertiary/aromatic N) is 2. The van der Waals surface area contributed by atoms with Crippen molar-refractivity contribution in [2.24, 2.45) is 5.73 Å². The van der Waals surface area contributed by atoms with E-state index in [1.807, 2.05) is 0 Å². The molecular formula is C9H8FN3O. The first-order chi connectivity index (χ1) is 6.59. The van der Waals surface area contributed by atoms with Gasteiger partial charge in [-0.15, -0.1) is 0 Å². The standard InChI is InChI=1S/C9H8FN3O/c1-5-12-3-6-2-7(9(11)14)8(10)4-13(5)6/h2-4H,1H3,(H2,11,14). The SMILES string of the molecule is Cc1ncc2cc(C(N)=O)c(F)cn12. The van der Waals surface area contributed by atoms with Crippen LogP contribution in [-0.4, -0.2) is 15.3 Å². The second kappa shape index (κ2) is 2.80. The van der Waals surface area contributed by atoms with Crippen LogP contribution >= 0.6 is 0 Å². The van der Waals surface area contributed by atoms with Crippen LogP contribution in [0.25, 0.3) is 5.52 Å². The number of hydrogen-bond donors (Lipinski definition) is 1. The third-order valence-electron chi connectivity index (χ3n) is 2.07. The quantitative estimate of drug-likeness (QED) is 0.730. The Labute approximate surface area is 79.2 Å². The molecular weight excluding hydrogens is 185 g/mol. The highest BCUT2D eigenvalue weighted by Crippen LogP contribution is 2.12. The first-order valence-electron chi connectivity index (χ1n) is 4.02. The number of nitrogens with two attached hydrogens (primary N) is 1. The number of hydrogen-bond acceptors (Lipinski definition) is 2. The molecule has 0 aromatic carbocycles. The van der Waals surface area contributed by atoms with Gasteiger partial charge < -0.3 is 10.1 Å². The molecule has 0 radical (unpaired) electrons. The zero-order valence-electron chi connectivity index (χ0n) is 7.49. The maximum absolute atomic E-state index is 13.3. The summed E-state index contributed by atoms with van der Waals surface area (Å²) in [6, 6.07) is 1.39. The van der Waals surface area contributed by atoms with Gasteiger partial charge in [0, 0.05) is 6.20 Å². The van der Waals surface area contributed by atoms with Gasteiger partial charge in [-0.2, -0.15) is 0 Å². The monoisotopic (exact) mass is 193 g/mol. The Morgan fingerprint density at radius 2 is 2.36 bits per heavy atom. The molecule has 0 aliphatic heterocycles. The van der Waals surface area contributed by atoms with Crippen LogP contribution in [0.2, 0.25) is 0 Å². The Kier molecular flexibility index (Phi) is 1.73. The summed E-state index contributed by atoms with van der Waals surface area (Å²) >= 11 is 0. The van der Waals surface area contributed by atoms with Crippen molar-refractivity contribution in [3.8, 4) is 0 Å². The van der Waals surface area contributed by atoms with Crippen molar-refractivity contribution in [3.63, 3.8) is 0 Å². The molecule has 0 saturated carbocycles. The van der Waals surface area contributed by atoms with E-state index < -0.39 is 11.7 Å². The normalized spacial score (nSPS) is 10.7. The average Bonchev–Trinajstić information content (AvgIpc) is 2.46. The number of imidazole rings is 1. The van der Waals surface area contributed by atoms with Gasteiger partial charge in [-0.3, -0.25) is 4.79 Å². The maximum atomic E-state index is 13.3. The van der Waals surface area contributed by atoms with Crippen molar-refractivity contribution in [1.82, 2.24) is 9.38 Å². The molecule has 0 spiro atoms. The zero-order chi connectivity index (χ0) is 10.3. The fourth-order valence-electron chi connectivity index (χ4n) is 1.33. The molecule has 0 atom stereocenters. The highest BCUT2D eigenvalue weighted by Gasteiger charge is 2.10. The molecule has 1 amide bonds. The molecule has 0 unspecified atom stereocenters. The average molecular weight is 193 g/mol. The number of primary amides is 1. The van der Waals surface area contributed by atoms with Crippen molar-refractivity contribution in [2.75, 3.05) is 0 Å². The molecule has 2 N–H and O–H groups in total. The van der Waals surface area contributed by atoms with Gasteiger partial charge in [0.2, 0.25) is 0 Å². The molecule has 14 heavy (non-hydrogen) atoms. The molecule has 2 aromatic rings. The fraction of sp³-hybridized carbons (Fsp3) is 0.111. The predicted octanol–water partition coefficient (Wildman–Crippen LogP) is 0.881. The van der Waals surface area contributed by atoms with E-state index in [1.165, 1.54) is 12.3 Å². The van der Waals surface area contributed by atoms with Gasteiger partial charge >= 0.3 is 0 Å². The van der Waals surface area contributed by atoms with Crippen LogP contribution in [0, 0.1) is 12.7 Å². The third-order valence-corrected chi connectivity index (χ3v) is 2.07. The van der Waals surface area contributed by atoms with Crippen LogP contribution in [-0.2, 0) is 0 Å². The Hall–Kier alpha value is -1.91. The van der Waals surface area contributed by atoms with Gasteiger partial charge in [0.1, 0.15) is 5.82 Å². The zero-order valence-corrected chi connectivity index (χ0v) is 7.49. The number of carbonyl (C=O) groups excluding carboxylic acids is 1. The molecule has 2 rings (SSSR count). The largest absolute Gasteiger partial charge is 0.366 e. The lowest BCUT2D eigenvalue weighted by molar-refractivity contribution is 0.0996. The van der Waals surface area contributed by atoms with E-state index in [4.69, 9.17) is 5.73 Å². The summed E-state index contributed by atoms with van der Waals surface area (Å²) in [6.07, 6.45) is 2.76. The lowest BCUT2D eigenvalue weighted by Gasteiger charge is -2.01. The predicted molar refractivity (Wildman–Crippen MR) is 48.4 cm³/mol. The summed E-state index contributed by atoms with van der Waals surface area (Å²) < 4.78 is 14.8.